The molecule has 2 saturated carbocycles. The Morgan fingerprint density at radius 1 is 0.966 bits per heavy atom. The minimum absolute atomic E-state index is 0.379. The van der Waals surface area contributed by atoms with Gasteiger partial charge in [0.2, 0.25) is 0 Å². The first-order valence-electron chi connectivity index (χ1n) is 12.7. The predicted octanol–water partition coefficient (Wildman–Crippen LogP) is 8.84. The molecule has 0 heterocycles. The van der Waals surface area contributed by atoms with E-state index in [9.17, 15) is 0 Å². The molecule has 0 aliphatic heterocycles. The van der Waals surface area contributed by atoms with Gasteiger partial charge in [-0.3, -0.25) is 0 Å². The lowest BCUT2D eigenvalue weighted by Crippen LogP contribution is -2.49. The number of fused-ring (bicyclic) bond motifs is 2. The minimum atomic E-state index is 0.379. The van der Waals surface area contributed by atoms with Crippen molar-refractivity contribution in [1.82, 2.24) is 0 Å². The molecule has 0 aromatic heterocycles. The normalized spacial score (nSPS) is 30.7. The van der Waals surface area contributed by atoms with Crippen LogP contribution in [-0.4, -0.2) is 6.10 Å². The molecule has 2 aliphatic carbocycles. The highest BCUT2D eigenvalue weighted by Gasteiger charge is 2.50. The van der Waals surface area contributed by atoms with Crippen molar-refractivity contribution in [2.75, 3.05) is 0 Å². The summed E-state index contributed by atoms with van der Waals surface area (Å²) in [7, 11) is 0. The molecule has 2 fully saturated rings. The molecule has 0 saturated heterocycles. The standard InChI is InChI=1S/C26H42O.C2H6/c1-6-8-22(7-2)15-25(27-24-11-9-19(3)10-12-24)26-16-20(4)13-23(18-26)14-21(5)17-26;1-2/h9-12,20-23,25H,6-8,13-18H2,1-5H3;1-2H3. The summed E-state index contributed by atoms with van der Waals surface area (Å²) in [6.45, 7) is 15.8. The van der Waals surface area contributed by atoms with Crippen LogP contribution in [0.3, 0.4) is 0 Å². The number of rotatable bonds is 8. The molecule has 0 radical (unpaired) electrons. The molecular formula is C28H48O. The summed E-state index contributed by atoms with van der Waals surface area (Å²) in [6.07, 6.45) is 12.6. The first-order chi connectivity index (χ1) is 13.9. The van der Waals surface area contributed by atoms with E-state index < -0.39 is 0 Å². The Morgan fingerprint density at radius 3 is 2.07 bits per heavy atom. The molecule has 2 aliphatic rings. The van der Waals surface area contributed by atoms with E-state index in [2.05, 4.69) is 58.9 Å². The zero-order chi connectivity index (χ0) is 21.4. The number of aryl methyl sites for hydroxylation is 1. The second kappa shape index (κ2) is 11.4. The molecule has 1 aromatic carbocycles. The van der Waals surface area contributed by atoms with E-state index in [4.69, 9.17) is 4.74 Å². The average molecular weight is 401 g/mol. The zero-order valence-corrected chi connectivity index (χ0v) is 20.5. The Labute approximate surface area is 182 Å². The number of hydrogen-bond acceptors (Lipinski definition) is 1. The third kappa shape index (κ3) is 6.50. The van der Waals surface area contributed by atoms with E-state index in [0.29, 0.717) is 11.5 Å². The summed E-state index contributed by atoms with van der Waals surface area (Å²) in [5.41, 5.74) is 1.71. The van der Waals surface area contributed by atoms with Crippen molar-refractivity contribution < 1.29 is 4.74 Å². The van der Waals surface area contributed by atoms with Gasteiger partial charge in [-0.1, -0.05) is 78.5 Å². The lowest BCUT2D eigenvalue weighted by molar-refractivity contribution is -0.0747. The lowest BCUT2D eigenvalue weighted by atomic mass is 9.54. The number of hydrogen-bond donors (Lipinski definition) is 0. The molecule has 1 heteroatoms. The highest BCUT2D eigenvalue weighted by molar-refractivity contribution is 5.27. The molecule has 1 nitrogen and oxygen atoms in total. The maximum atomic E-state index is 6.86. The quantitative estimate of drug-likeness (QED) is 0.423. The predicted molar refractivity (Wildman–Crippen MR) is 128 cm³/mol. The van der Waals surface area contributed by atoms with Crippen LogP contribution in [0.1, 0.15) is 105 Å². The second-order valence-electron chi connectivity index (χ2n) is 10.2. The van der Waals surface area contributed by atoms with Gasteiger partial charge in [-0.05, 0) is 81.3 Å². The van der Waals surface area contributed by atoms with E-state index >= 15 is 0 Å². The zero-order valence-electron chi connectivity index (χ0n) is 20.5. The van der Waals surface area contributed by atoms with Crippen LogP contribution in [0.2, 0.25) is 0 Å². The van der Waals surface area contributed by atoms with Gasteiger partial charge in [0.25, 0.3) is 0 Å². The van der Waals surface area contributed by atoms with E-state index in [1.807, 2.05) is 13.8 Å². The fourth-order valence-electron chi connectivity index (χ4n) is 6.58. The topological polar surface area (TPSA) is 9.23 Å². The number of ether oxygens (including phenoxy) is 1. The van der Waals surface area contributed by atoms with Crippen LogP contribution in [0.4, 0.5) is 0 Å². The largest absolute Gasteiger partial charge is 0.490 e. The van der Waals surface area contributed by atoms with Crippen molar-refractivity contribution >= 4 is 0 Å². The molecular weight excluding hydrogens is 352 g/mol. The van der Waals surface area contributed by atoms with Crippen molar-refractivity contribution in [3.63, 3.8) is 0 Å². The van der Waals surface area contributed by atoms with Crippen molar-refractivity contribution in [1.29, 1.82) is 0 Å². The van der Waals surface area contributed by atoms with Gasteiger partial charge in [-0.2, -0.15) is 0 Å². The van der Waals surface area contributed by atoms with Crippen LogP contribution in [0.25, 0.3) is 0 Å². The molecule has 2 bridgehead atoms. The van der Waals surface area contributed by atoms with Crippen LogP contribution in [0, 0.1) is 36.0 Å². The van der Waals surface area contributed by atoms with Gasteiger partial charge in [-0.15, -0.1) is 0 Å². The molecule has 29 heavy (non-hydrogen) atoms. The Kier molecular flexibility index (Phi) is 9.57. The van der Waals surface area contributed by atoms with Crippen molar-refractivity contribution in [2.24, 2.45) is 29.1 Å². The molecule has 0 spiro atoms. The third-order valence-electron chi connectivity index (χ3n) is 7.48. The van der Waals surface area contributed by atoms with Gasteiger partial charge in [0.15, 0.2) is 0 Å². The van der Waals surface area contributed by atoms with Crippen LogP contribution in [0.5, 0.6) is 5.75 Å². The summed E-state index contributed by atoms with van der Waals surface area (Å²) >= 11 is 0. The first kappa shape index (κ1) is 24.3. The molecule has 3 rings (SSSR count). The maximum absolute atomic E-state index is 6.86. The molecule has 166 valence electrons. The molecule has 4 unspecified atom stereocenters. The Hall–Kier alpha value is -0.980. The van der Waals surface area contributed by atoms with E-state index in [-0.39, 0.29) is 0 Å². The fourth-order valence-corrected chi connectivity index (χ4v) is 6.58. The van der Waals surface area contributed by atoms with E-state index in [1.165, 1.54) is 63.4 Å². The molecule has 0 N–H and O–H groups in total. The van der Waals surface area contributed by atoms with Crippen molar-refractivity contribution in [3.8, 4) is 5.75 Å². The van der Waals surface area contributed by atoms with Gasteiger partial charge < -0.3 is 4.74 Å². The molecule has 1 aromatic rings. The Morgan fingerprint density at radius 2 is 1.55 bits per heavy atom. The maximum Gasteiger partial charge on any atom is 0.119 e. The van der Waals surface area contributed by atoms with Gasteiger partial charge >= 0.3 is 0 Å². The van der Waals surface area contributed by atoms with Crippen LogP contribution in [-0.2, 0) is 0 Å². The van der Waals surface area contributed by atoms with Crippen LogP contribution < -0.4 is 4.74 Å². The third-order valence-corrected chi connectivity index (χ3v) is 7.48. The fraction of sp³-hybridized carbons (Fsp3) is 0.786. The molecule has 0 amide bonds. The van der Waals surface area contributed by atoms with Crippen molar-refractivity contribution in [3.05, 3.63) is 29.8 Å². The average Bonchev–Trinajstić information content (AvgIpc) is 2.68. The minimum Gasteiger partial charge on any atom is -0.490 e. The smallest absolute Gasteiger partial charge is 0.119 e. The summed E-state index contributed by atoms with van der Waals surface area (Å²) in [5.74, 6) is 4.51. The van der Waals surface area contributed by atoms with Crippen LogP contribution >= 0.6 is 0 Å². The Bertz CT molecular complexity index is 555. The first-order valence-corrected chi connectivity index (χ1v) is 12.7. The van der Waals surface area contributed by atoms with Crippen LogP contribution in [0.15, 0.2) is 24.3 Å². The number of benzene rings is 1. The lowest BCUT2D eigenvalue weighted by Gasteiger charge is -2.53. The second-order valence-corrected chi connectivity index (χ2v) is 10.2. The van der Waals surface area contributed by atoms with Crippen molar-refractivity contribution in [2.45, 2.75) is 112 Å². The summed E-state index contributed by atoms with van der Waals surface area (Å²) < 4.78 is 6.86. The summed E-state index contributed by atoms with van der Waals surface area (Å²) in [6, 6.07) is 8.78. The highest BCUT2D eigenvalue weighted by Crippen LogP contribution is 2.56. The highest BCUT2D eigenvalue weighted by atomic mass is 16.5. The van der Waals surface area contributed by atoms with Gasteiger partial charge in [0, 0.05) is 5.41 Å². The molecule has 4 atom stereocenters. The van der Waals surface area contributed by atoms with Gasteiger partial charge in [0.1, 0.15) is 11.9 Å². The monoisotopic (exact) mass is 400 g/mol. The van der Waals surface area contributed by atoms with E-state index in [1.54, 1.807) is 0 Å². The van der Waals surface area contributed by atoms with E-state index in [0.717, 1.165) is 29.4 Å². The Balaban J connectivity index is 0.00000145. The summed E-state index contributed by atoms with van der Waals surface area (Å²) in [5, 5.41) is 0. The SMILES string of the molecule is CC.CCCC(CC)CC(Oc1ccc(C)cc1)C12CC(C)CC(CC(C)C1)C2. The van der Waals surface area contributed by atoms with Gasteiger partial charge in [-0.25, -0.2) is 0 Å². The van der Waals surface area contributed by atoms with Gasteiger partial charge in [0.05, 0.1) is 0 Å². The summed E-state index contributed by atoms with van der Waals surface area (Å²) in [4.78, 5) is 0.